The molecule has 2 rings (SSSR count). The second kappa shape index (κ2) is 6.52. The smallest absolute Gasteiger partial charge is 0.233 e. The Labute approximate surface area is 120 Å². The van der Waals surface area contributed by atoms with E-state index >= 15 is 0 Å². The average molecular weight is 295 g/mol. The van der Waals surface area contributed by atoms with Gasteiger partial charge in [0.1, 0.15) is 0 Å². The highest BCUT2D eigenvalue weighted by Crippen LogP contribution is 2.24. The van der Waals surface area contributed by atoms with Crippen LogP contribution in [0.5, 0.6) is 0 Å². The monoisotopic (exact) mass is 295 g/mol. The number of nitrogens with one attached hydrogen (secondary N) is 1. The van der Waals surface area contributed by atoms with Gasteiger partial charge in [0.15, 0.2) is 0 Å². The molecule has 0 aliphatic heterocycles. The van der Waals surface area contributed by atoms with Crippen molar-refractivity contribution in [2.24, 2.45) is 5.92 Å². The van der Waals surface area contributed by atoms with Crippen LogP contribution in [0.1, 0.15) is 30.4 Å². The molecule has 110 valence electrons. The number of benzene rings is 1. The standard InChI is InChI=1S/C15H21NO3S/c1-12-5-7-13(8-6-12)9-10-20(18,19)16-11-14-3-2-4-15(14)17/h5-10,14-17H,2-4,11H2,1H3/b10-9+. The predicted molar refractivity (Wildman–Crippen MR) is 80.5 cm³/mol. The Balaban J connectivity index is 1.91. The lowest BCUT2D eigenvalue weighted by molar-refractivity contribution is 0.135. The van der Waals surface area contributed by atoms with Crippen molar-refractivity contribution in [3.8, 4) is 0 Å². The maximum Gasteiger partial charge on any atom is 0.233 e. The van der Waals surface area contributed by atoms with Gasteiger partial charge in [-0.3, -0.25) is 0 Å². The molecule has 0 radical (unpaired) electrons. The Morgan fingerprint density at radius 2 is 2.00 bits per heavy atom. The lowest BCUT2D eigenvalue weighted by atomic mass is 10.1. The third-order valence-corrected chi connectivity index (χ3v) is 4.75. The van der Waals surface area contributed by atoms with Gasteiger partial charge < -0.3 is 5.11 Å². The van der Waals surface area contributed by atoms with E-state index in [9.17, 15) is 13.5 Å². The Bertz CT molecular complexity index is 563. The number of sulfonamides is 1. The van der Waals surface area contributed by atoms with Gasteiger partial charge in [-0.15, -0.1) is 0 Å². The zero-order valence-corrected chi connectivity index (χ0v) is 12.4. The Morgan fingerprint density at radius 1 is 1.30 bits per heavy atom. The summed E-state index contributed by atoms with van der Waals surface area (Å²) in [5, 5.41) is 10.8. The summed E-state index contributed by atoms with van der Waals surface area (Å²) in [6.07, 6.45) is 3.81. The first-order valence-electron chi connectivity index (χ1n) is 6.89. The van der Waals surface area contributed by atoms with Crippen molar-refractivity contribution < 1.29 is 13.5 Å². The third kappa shape index (κ3) is 4.44. The molecule has 1 aromatic rings. The van der Waals surface area contributed by atoms with Crippen molar-refractivity contribution in [1.82, 2.24) is 4.72 Å². The van der Waals surface area contributed by atoms with Crippen LogP contribution in [0.25, 0.3) is 6.08 Å². The molecule has 0 aromatic heterocycles. The van der Waals surface area contributed by atoms with Crippen molar-refractivity contribution in [1.29, 1.82) is 0 Å². The van der Waals surface area contributed by atoms with Crippen molar-refractivity contribution in [3.63, 3.8) is 0 Å². The minimum Gasteiger partial charge on any atom is -0.393 e. The van der Waals surface area contributed by atoms with Crippen LogP contribution in [0, 0.1) is 12.8 Å². The van der Waals surface area contributed by atoms with E-state index in [-0.39, 0.29) is 12.0 Å². The molecule has 5 heteroatoms. The molecule has 1 saturated carbocycles. The minimum absolute atomic E-state index is 0.0394. The quantitative estimate of drug-likeness (QED) is 0.873. The normalized spacial score (nSPS) is 23.5. The van der Waals surface area contributed by atoms with Crippen LogP contribution in [0.4, 0.5) is 0 Å². The van der Waals surface area contributed by atoms with Crippen LogP contribution in [0.2, 0.25) is 0 Å². The van der Waals surface area contributed by atoms with Crippen molar-refractivity contribution in [2.45, 2.75) is 32.3 Å². The van der Waals surface area contributed by atoms with Gasteiger partial charge in [0.05, 0.1) is 6.10 Å². The third-order valence-electron chi connectivity index (χ3n) is 3.68. The second-order valence-electron chi connectivity index (χ2n) is 5.37. The van der Waals surface area contributed by atoms with E-state index in [2.05, 4.69) is 4.72 Å². The van der Waals surface area contributed by atoms with E-state index in [1.54, 1.807) is 6.08 Å². The molecule has 1 aliphatic rings. The Morgan fingerprint density at radius 3 is 2.60 bits per heavy atom. The van der Waals surface area contributed by atoms with E-state index in [4.69, 9.17) is 0 Å². The van der Waals surface area contributed by atoms with Crippen LogP contribution in [0.3, 0.4) is 0 Å². The van der Waals surface area contributed by atoms with E-state index in [1.165, 1.54) is 5.41 Å². The molecule has 4 nitrogen and oxygen atoms in total. The summed E-state index contributed by atoms with van der Waals surface area (Å²) >= 11 is 0. The summed E-state index contributed by atoms with van der Waals surface area (Å²) in [7, 11) is -3.44. The molecule has 1 fully saturated rings. The first-order valence-corrected chi connectivity index (χ1v) is 8.43. The van der Waals surface area contributed by atoms with Gasteiger partial charge >= 0.3 is 0 Å². The van der Waals surface area contributed by atoms with Crippen LogP contribution in [-0.4, -0.2) is 26.2 Å². The number of hydrogen-bond donors (Lipinski definition) is 2. The van der Waals surface area contributed by atoms with E-state index < -0.39 is 10.0 Å². The van der Waals surface area contributed by atoms with E-state index in [0.717, 1.165) is 30.4 Å². The molecule has 2 atom stereocenters. The number of hydrogen-bond acceptors (Lipinski definition) is 3. The van der Waals surface area contributed by atoms with Crippen LogP contribution < -0.4 is 4.72 Å². The minimum atomic E-state index is -3.44. The average Bonchev–Trinajstić information content (AvgIpc) is 2.82. The Kier molecular flexibility index (Phi) is 4.96. The summed E-state index contributed by atoms with van der Waals surface area (Å²) < 4.78 is 26.2. The molecule has 0 heterocycles. The molecular weight excluding hydrogens is 274 g/mol. The molecular formula is C15H21NO3S. The molecule has 2 unspecified atom stereocenters. The van der Waals surface area contributed by atoms with Gasteiger partial charge in [-0.2, -0.15) is 0 Å². The zero-order valence-electron chi connectivity index (χ0n) is 11.6. The van der Waals surface area contributed by atoms with Crippen molar-refractivity contribution >= 4 is 16.1 Å². The van der Waals surface area contributed by atoms with Gasteiger partial charge in [0.25, 0.3) is 0 Å². The zero-order chi connectivity index (χ0) is 14.6. The van der Waals surface area contributed by atoms with Crippen molar-refractivity contribution in [2.75, 3.05) is 6.54 Å². The highest BCUT2D eigenvalue weighted by molar-refractivity contribution is 7.92. The van der Waals surface area contributed by atoms with Crippen LogP contribution in [-0.2, 0) is 10.0 Å². The topological polar surface area (TPSA) is 66.4 Å². The molecule has 0 bridgehead atoms. The molecule has 0 saturated heterocycles. The fourth-order valence-corrected chi connectivity index (χ4v) is 3.25. The fraction of sp³-hybridized carbons (Fsp3) is 0.467. The fourth-order valence-electron chi connectivity index (χ4n) is 2.37. The highest BCUT2D eigenvalue weighted by atomic mass is 32.2. The molecule has 0 spiro atoms. The van der Waals surface area contributed by atoms with Gasteiger partial charge in [-0.25, -0.2) is 13.1 Å². The van der Waals surface area contributed by atoms with Crippen LogP contribution >= 0.6 is 0 Å². The largest absolute Gasteiger partial charge is 0.393 e. The molecule has 2 N–H and O–H groups in total. The predicted octanol–water partition coefficient (Wildman–Crippen LogP) is 2.05. The SMILES string of the molecule is Cc1ccc(/C=C/S(=O)(=O)NCC2CCCC2O)cc1. The number of aliphatic hydroxyl groups excluding tert-OH is 1. The number of aryl methyl sites for hydroxylation is 1. The first-order chi connectivity index (χ1) is 9.46. The summed E-state index contributed by atoms with van der Waals surface area (Å²) in [6, 6.07) is 7.63. The maximum absolute atomic E-state index is 11.9. The molecule has 1 aliphatic carbocycles. The summed E-state index contributed by atoms with van der Waals surface area (Å²) in [5.41, 5.74) is 1.99. The second-order valence-corrected chi connectivity index (χ2v) is 7.02. The number of aliphatic hydroxyl groups is 1. The summed E-state index contributed by atoms with van der Waals surface area (Å²) in [6.45, 7) is 2.29. The van der Waals surface area contributed by atoms with Crippen molar-refractivity contribution in [3.05, 3.63) is 40.8 Å². The van der Waals surface area contributed by atoms with Crippen LogP contribution in [0.15, 0.2) is 29.7 Å². The molecule has 20 heavy (non-hydrogen) atoms. The lowest BCUT2D eigenvalue weighted by Gasteiger charge is -2.13. The first kappa shape index (κ1) is 15.2. The van der Waals surface area contributed by atoms with Gasteiger partial charge in [0, 0.05) is 12.0 Å². The van der Waals surface area contributed by atoms with Gasteiger partial charge in [-0.05, 0) is 37.3 Å². The van der Waals surface area contributed by atoms with E-state index in [1.807, 2.05) is 31.2 Å². The highest BCUT2D eigenvalue weighted by Gasteiger charge is 2.25. The van der Waals surface area contributed by atoms with Gasteiger partial charge in [0.2, 0.25) is 10.0 Å². The number of rotatable bonds is 5. The summed E-state index contributed by atoms with van der Waals surface area (Å²) in [5.74, 6) is 0.0394. The maximum atomic E-state index is 11.9. The Hall–Kier alpha value is -1.17. The van der Waals surface area contributed by atoms with E-state index in [0.29, 0.717) is 6.54 Å². The van der Waals surface area contributed by atoms with Gasteiger partial charge in [-0.1, -0.05) is 36.2 Å². The lowest BCUT2D eigenvalue weighted by Crippen LogP contribution is -2.31. The molecule has 0 amide bonds. The summed E-state index contributed by atoms with van der Waals surface area (Å²) in [4.78, 5) is 0. The molecule has 1 aromatic carbocycles.